The Morgan fingerprint density at radius 3 is 2.50 bits per heavy atom. The molecule has 3 nitrogen and oxygen atoms in total. The van der Waals surface area contributed by atoms with E-state index in [1.807, 2.05) is 54.6 Å². The Bertz CT molecular complexity index is 614. The fourth-order valence-electron chi connectivity index (χ4n) is 1.90. The van der Waals surface area contributed by atoms with Gasteiger partial charge in [0.15, 0.2) is 0 Å². The molecule has 2 aromatic carbocycles. The van der Waals surface area contributed by atoms with Crippen molar-refractivity contribution in [1.82, 2.24) is 5.32 Å². The third-order valence-corrected chi connectivity index (χ3v) is 2.80. The van der Waals surface area contributed by atoms with Gasteiger partial charge in [-0.1, -0.05) is 54.5 Å². The number of carbonyl (C=O) groups is 1. The zero-order chi connectivity index (χ0) is 14.2. The molecule has 1 amide bonds. The number of rotatable bonds is 5. The zero-order valence-electron chi connectivity index (χ0n) is 11.1. The van der Waals surface area contributed by atoms with Crippen LogP contribution in [0.5, 0.6) is 0 Å². The maximum atomic E-state index is 11.8. The van der Waals surface area contributed by atoms with Crippen molar-refractivity contribution < 1.29 is 4.79 Å². The van der Waals surface area contributed by atoms with Crippen molar-refractivity contribution in [3.63, 3.8) is 0 Å². The van der Waals surface area contributed by atoms with Crippen molar-refractivity contribution in [1.29, 1.82) is 0 Å². The van der Waals surface area contributed by atoms with Crippen LogP contribution in [0.25, 0.3) is 11.1 Å². The molecule has 0 radical (unpaired) electrons. The molecule has 20 heavy (non-hydrogen) atoms. The Morgan fingerprint density at radius 1 is 1.05 bits per heavy atom. The molecule has 0 fully saturated rings. The topological polar surface area (TPSA) is 41.1 Å². The van der Waals surface area contributed by atoms with Gasteiger partial charge in [0, 0.05) is 11.3 Å². The molecular weight excluding hydrogens is 248 g/mol. The van der Waals surface area contributed by atoms with Gasteiger partial charge in [0.05, 0.1) is 13.1 Å². The second-order valence-corrected chi connectivity index (χ2v) is 4.27. The summed E-state index contributed by atoms with van der Waals surface area (Å²) >= 11 is 0. The molecule has 0 aromatic heterocycles. The van der Waals surface area contributed by atoms with Gasteiger partial charge in [-0.2, -0.15) is 0 Å². The number of terminal acetylenes is 1. The molecule has 0 bridgehead atoms. The summed E-state index contributed by atoms with van der Waals surface area (Å²) in [4.78, 5) is 11.8. The molecule has 2 N–H and O–H groups in total. The average Bonchev–Trinajstić information content (AvgIpc) is 2.49. The third kappa shape index (κ3) is 3.71. The standard InChI is InChI=1S/C17H16N2O/c1-2-12-18-13-17(20)19-16-11-7-6-10-15(16)14-8-4-3-5-9-14/h1,3-11,18H,12-13H2,(H,19,20). The smallest absolute Gasteiger partial charge is 0.238 e. The Labute approximate surface area is 119 Å². The minimum atomic E-state index is -0.108. The van der Waals surface area contributed by atoms with E-state index in [1.54, 1.807) is 0 Å². The molecule has 0 aliphatic heterocycles. The molecule has 0 heterocycles. The maximum absolute atomic E-state index is 11.8. The van der Waals surface area contributed by atoms with Crippen LogP contribution in [0.4, 0.5) is 5.69 Å². The van der Waals surface area contributed by atoms with Crippen LogP contribution in [0.3, 0.4) is 0 Å². The Balaban J connectivity index is 2.13. The van der Waals surface area contributed by atoms with Crippen LogP contribution in [-0.2, 0) is 4.79 Å². The summed E-state index contributed by atoms with van der Waals surface area (Å²) in [6.45, 7) is 0.584. The van der Waals surface area contributed by atoms with Crippen LogP contribution >= 0.6 is 0 Å². The molecule has 0 saturated carbocycles. The summed E-state index contributed by atoms with van der Waals surface area (Å²) < 4.78 is 0. The number of hydrogen-bond donors (Lipinski definition) is 2. The first-order chi connectivity index (χ1) is 9.81. The average molecular weight is 264 g/mol. The molecule has 0 aliphatic rings. The number of benzene rings is 2. The monoisotopic (exact) mass is 264 g/mol. The summed E-state index contributed by atoms with van der Waals surface area (Å²) in [7, 11) is 0. The van der Waals surface area contributed by atoms with E-state index in [-0.39, 0.29) is 12.5 Å². The largest absolute Gasteiger partial charge is 0.324 e. The van der Waals surface area contributed by atoms with E-state index in [2.05, 4.69) is 16.6 Å². The van der Waals surface area contributed by atoms with Crippen LogP contribution in [0.1, 0.15) is 0 Å². The van der Waals surface area contributed by atoms with Gasteiger partial charge >= 0.3 is 0 Å². The number of carbonyl (C=O) groups excluding carboxylic acids is 1. The Morgan fingerprint density at radius 2 is 1.75 bits per heavy atom. The van der Waals surface area contributed by atoms with E-state index in [0.717, 1.165) is 16.8 Å². The van der Waals surface area contributed by atoms with Gasteiger partial charge in [-0.25, -0.2) is 0 Å². The first-order valence-corrected chi connectivity index (χ1v) is 6.40. The SMILES string of the molecule is C#CCNCC(=O)Nc1ccccc1-c1ccccc1. The van der Waals surface area contributed by atoms with Crippen molar-refractivity contribution in [2.75, 3.05) is 18.4 Å². The highest BCUT2D eigenvalue weighted by atomic mass is 16.1. The van der Waals surface area contributed by atoms with Crippen molar-refractivity contribution in [3.05, 3.63) is 54.6 Å². The highest BCUT2D eigenvalue weighted by molar-refractivity contribution is 5.96. The van der Waals surface area contributed by atoms with Crippen molar-refractivity contribution in [2.24, 2.45) is 0 Å². The molecule has 2 rings (SSSR count). The van der Waals surface area contributed by atoms with Crippen LogP contribution in [0, 0.1) is 12.3 Å². The van der Waals surface area contributed by atoms with Gasteiger partial charge in [0.2, 0.25) is 5.91 Å². The van der Waals surface area contributed by atoms with Crippen molar-refractivity contribution >= 4 is 11.6 Å². The summed E-state index contributed by atoms with van der Waals surface area (Å²) in [5, 5.41) is 5.76. The number of hydrogen-bond acceptors (Lipinski definition) is 2. The van der Waals surface area contributed by atoms with E-state index >= 15 is 0 Å². The highest BCUT2D eigenvalue weighted by Gasteiger charge is 2.07. The summed E-state index contributed by atoms with van der Waals surface area (Å²) in [6, 6.07) is 17.7. The summed E-state index contributed by atoms with van der Waals surface area (Å²) in [6.07, 6.45) is 5.12. The Kier molecular flexibility index (Phi) is 4.94. The second-order valence-electron chi connectivity index (χ2n) is 4.27. The van der Waals surface area contributed by atoms with Crippen molar-refractivity contribution in [3.8, 4) is 23.5 Å². The Hall–Kier alpha value is -2.57. The lowest BCUT2D eigenvalue weighted by Gasteiger charge is -2.11. The van der Waals surface area contributed by atoms with Gasteiger partial charge in [-0.3, -0.25) is 10.1 Å². The third-order valence-electron chi connectivity index (χ3n) is 2.80. The van der Waals surface area contributed by atoms with Crippen LogP contribution in [-0.4, -0.2) is 19.0 Å². The molecular formula is C17H16N2O. The molecule has 0 unspecified atom stereocenters. The molecule has 0 saturated heterocycles. The number of anilines is 1. The van der Waals surface area contributed by atoms with Gasteiger partial charge < -0.3 is 5.32 Å². The minimum Gasteiger partial charge on any atom is -0.324 e. The predicted molar refractivity (Wildman–Crippen MR) is 82.2 cm³/mol. The molecule has 2 aromatic rings. The predicted octanol–water partition coefficient (Wildman–Crippen LogP) is 2.51. The first kappa shape index (κ1) is 13.9. The zero-order valence-corrected chi connectivity index (χ0v) is 11.1. The number of amides is 1. The lowest BCUT2D eigenvalue weighted by atomic mass is 10.0. The van der Waals surface area contributed by atoms with E-state index in [9.17, 15) is 4.79 Å². The quantitative estimate of drug-likeness (QED) is 0.643. The lowest BCUT2D eigenvalue weighted by molar-refractivity contribution is -0.115. The summed E-state index contributed by atoms with van der Waals surface area (Å²) in [5.41, 5.74) is 2.87. The van der Waals surface area contributed by atoms with Crippen LogP contribution < -0.4 is 10.6 Å². The van der Waals surface area contributed by atoms with Gasteiger partial charge in [0.1, 0.15) is 0 Å². The molecule has 0 spiro atoms. The molecule has 3 heteroatoms. The van der Waals surface area contributed by atoms with E-state index in [1.165, 1.54) is 0 Å². The molecule has 0 aliphatic carbocycles. The molecule has 100 valence electrons. The van der Waals surface area contributed by atoms with E-state index < -0.39 is 0 Å². The summed E-state index contributed by atoms with van der Waals surface area (Å²) in [5.74, 6) is 2.33. The van der Waals surface area contributed by atoms with Crippen LogP contribution in [0.2, 0.25) is 0 Å². The highest BCUT2D eigenvalue weighted by Crippen LogP contribution is 2.27. The minimum absolute atomic E-state index is 0.108. The number of para-hydroxylation sites is 1. The fourth-order valence-corrected chi connectivity index (χ4v) is 1.90. The lowest BCUT2D eigenvalue weighted by Crippen LogP contribution is -2.28. The van der Waals surface area contributed by atoms with Crippen LogP contribution in [0.15, 0.2) is 54.6 Å². The van der Waals surface area contributed by atoms with Gasteiger partial charge in [0.25, 0.3) is 0 Å². The normalized spacial score (nSPS) is 9.75. The second kappa shape index (κ2) is 7.13. The van der Waals surface area contributed by atoms with Crippen molar-refractivity contribution in [2.45, 2.75) is 0 Å². The first-order valence-electron chi connectivity index (χ1n) is 6.40. The maximum Gasteiger partial charge on any atom is 0.238 e. The van der Waals surface area contributed by atoms with E-state index in [4.69, 9.17) is 6.42 Å². The molecule has 0 atom stereocenters. The van der Waals surface area contributed by atoms with Gasteiger partial charge in [-0.05, 0) is 11.6 Å². The van der Waals surface area contributed by atoms with E-state index in [0.29, 0.717) is 6.54 Å². The number of nitrogens with one attached hydrogen (secondary N) is 2. The van der Waals surface area contributed by atoms with Gasteiger partial charge in [-0.15, -0.1) is 6.42 Å². The fraction of sp³-hybridized carbons (Fsp3) is 0.118.